The molecule has 1 unspecified atom stereocenters. The van der Waals surface area contributed by atoms with Gasteiger partial charge in [0.05, 0.1) is 5.92 Å². The molecule has 1 heterocycles. The average molecular weight is 430 g/mol. The van der Waals surface area contributed by atoms with Crippen molar-refractivity contribution in [2.24, 2.45) is 11.3 Å². The van der Waals surface area contributed by atoms with Gasteiger partial charge in [0.25, 0.3) is 0 Å². The van der Waals surface area contributed by atoms with Crippen LogP contribution in [0.2, 0.25) is 5.02 Å². The Morgan fingerprint density at radius 3 is 2.50 bits per heavy atom. The van der Waals surface area contributed by atoms with Crippen molar-refractivity contribution in [2.75, 3.05) is 18.5 Å². The van der Waals surface area contributed by atoms with Crippen LogP contribution in [0.3, 0.4) is 0 Å². The number of esters is 1. The van der Waals surface area contributed by atoms with Crippen LogP contribution in [-0.4, -0.2) is 30.9 Å². The predicted molar refractivity (Wildman–Crippen MR) is 114 cm³/mol. The van der Waals surface area contributed by atoms with Crippen molar-refractivity contribution >= 4 is 34.9 Å². The van der Waals surface area contributed by atoms with Crippen LogP contribution in [0.1, 0.15) is 36.7 Å². The highest BCUT2D eigenvalue weighted by Crippen LogP contribution is 2.30. The van der Waals surface area contributed by atoms with Crippen LogP contribution >= 0.6 is 11.6 Å². The lowest BCUT2D eigenvalue weighted by atomic mass is 9.95. The first-order valence-corrected chi connectivity index (χ1v) is 10.0. The van der Waals surface area contributed by atoms with Crippen LogP contribution in [0.5, 0.6) is 5.75 Å². The molecule has 0 saturated heterocycles. The monoisotopic (exact) mass is 429 g/mol. The van der Waals surface area contributed by atoms with Crippen molar-refractivity contribution < 1.29 is 23.9 Å². The Morgan fingerprint density at radius 2 is 1.83 bits per heavy atom. The number of anilines is 1. The molecule has 0 fully saturated rings. The van der Waals surface area contributed by atoms with Crippen LogP contribution in [0, 0.1) is 11.3 Å². The molecule has 7 heteroatoms. The van der Waals surface area contributed by atoms with Gasteiger partial charge in [-0.05, 0) is 54.4 Å². The van der Waals surface area contributed by atoms with Crippen molar-refractivity contribution in [3.63, 3.8) is 0 Å². The molecular formula is C23H24ClNO5. The molecule has 2 aromatic carbocycles. The van der Waals surface area contributed by atoms with Crippen LogP contribution in [0.4, 0.5) is 5.69 Å². The highest BCUT2D eigenvalue weighted by Gasteiger charge is 2.28. The second-order valence-electron chi connectivity index (χ2n) is 8.28. The number of hydrogen-bond acceptors (Lipinski definition) is 5. The number of amides is 1. The third-order valence-electron chi connectivity index (χ3n) is 4.75. The molecule has 0 radical (unpaired) electrons. The molecule has 0 aliphatic carbocycles. The Labute approximate surface area is 180 Å². The van der Waals surface area contributed by atoms with Crippen molar-refractivity contribution in [2.45, 2.75) is 27.2 Å². The standard InChI is InChI=1S/C23H24ClNO5/c1-23(2,3)22(28)25-18-7-4-14(5-8-18)19(26)13-30-21(27)16-10-15-11-17(24)6-9-20(15)29-12-16/h4-9,11,16H,10,12-13H2,1-3H3,(H,25,28). The lowest BCUT2D eigenvalue weighted by molar-refractivity contribution is -0.148. The van der Waals surface area contributed by atoms with E-state index in [4.69, 9.17) is 21.1 Å². The van der Waals surface area contributed by atoms with Crippen molar-refractivity contribution in [1.82, 2.24) is 0 Å². The number of rotatable bonds is 5. The minimum atomic E-state index is -0.516. The third kappa shape index (κ3) is 5.39. The number of carbonyl (C=O) groups is 3. The summed E-state index contributed by atoms with van der Waals surface area (Å²) in [5.74, 6) is -0.703. The summed E-state index contributed by atoms with van der Waals surface area (Å²) in [6, 6.07) is 11.8. The van der Waals surface area contributed by atoms with E-state index in [0.717, 1.165) is 5.56 Å². The summed E-state index contributed by atoms with van der Waals surface area (Å²) in [6.07, 6.45) is 0.449. The molecule has 0 spiro atoms. The maximum absolute atomic E-state index is 12.4. The Bertz CT molecular complexity index is 963. The summed E-state index contributed by atoms with van der Waals surface area (Å²) in [7, 11) is 0. The molecule has 0 saturated carbocycles. The molecule has 1 atom stereocenters. The van der Waals surface area contributed by atoms with Gasteiger partial charge in [-0.15, -0.1) is 0 Å². The number of hydrogen-bond donors (Lipinski definition) is 1. The number of fused-ring (bicyclic) bond motifs is 1. The van der Waals surface area contributed by atoms with E-state index in [-0.39, 0.29) is 24.9 Å². The van der Waals surface area contributed by atoms with Crippen molar-refractivity contribution in [3.05, 3.63) is 58.6 Å². The zero-order chi connectivity index (χ0) is 21.9. The summed E-state index contributed by atoms with van der Waals surface area (Å²) in [4.78, 5) is 36.7. The van der Waals surface area contributed by atoms with E-state index < -0.39 is 17.3 Å². The zero-order valence-electron chi connectivity index (χ0n) is 17.2. The maximum Gasteiger partial charge on any atom is 0.313 e. The Balaban J connectivity index is 1.53. The highest BCUT2D eigenvalue weighted by atomic mass is 35.5. The summed E-state index contributed by atoms with van der Waals surface area (Å²) >= 11 is 6.00. The fraction of sp³-hybridized carbons (Fsp3) is 0.348. The van der Waals surface area contributed by atoms with E-state index >= 15 is 0 Å². The van der Waals surface area contributed by atoms with E-state index in [9.17, 15) is 14.4 Å². The molecule has 0 bridgehead atoms. The zero-order valence-corrected chi connectivity index (χ0v) is 17.9. The van der Waals surface area contributed by atoms with Gasteiger partial charge in [-0.2, -0.15) is 0 Å². The van der Waals surface area contributed by atoms with Crippen LogP contribution in [0.15, 0.2) is 42.5 Å². The minimum absolute atomic E-state index is 0.118. The molecule has 1 amide bonds. The fourth-order valence-corrected chi connectivity index (χ4v) is 3.11. The van der Waals surface area contributed by atoms with E-state index in [0.29, 0.717) is 28.4 Å². The summed E-state index contributed by atoms with van der Waals surface area (Å²) < 4.78 is 10.8. The fourth-order valence-electron chi connectivity index (χ4n) is 2.91. The van der Waals surface area contributed by atoms with E-state index in [2.05, 4.69) is 5.32 Å². The molecule has 3 rings (SSSR count). The summed E-state index contributed by atoms with van der Waals surface area (Å²) in [5.41, 5.74) is 1.32. The molecule has 158 valence electrons. The number of Topliss-reactive ketones (excluding diaryl/α,β-unsaturated/α-hetero) is 1. The Hall–Kier alpha value is -2.86. The molecule has 1 aliphatic rings. The number of nitrogens with one attached hydrogen (secondary N) is 1. The highest BCUT2D eigenvalue weighted by molar-refractivity contribution is 6.30. The number of benzene rings is 2. The first-order chi connectivity index (χ1) is 14.1. The first kappa shape index (κ1) is 21.8. The lowest BCUT2D eigenvalue weighted by Crippen LogP contribution is -2.31. The van der Waals surface area contributed by atoms with Gasteiger partial charge in [0.1, 0.15) is 12.4 Å². The lowest BCUT2D eigenvalue weighted by Gasteiger charge is -2.24. The number of carbonyl (C=O) groups excluding carboxylic acids is 3. The van der Waals surface area contributed by atoms with Gasteiger partial charge in [-0.25, -0.2) is 0 Å². The number of halogens is 1. The predicted octanol–water partition coefficient (Wildman–Crippen LogP) is 4.30. The van der Waals surface area contributed by atoms with Gasteiger partial charge < -0.3 is 14.8 Å². The third-order valence-corrected chi connectivity index (χ3v) is 4.99. The Kier molecular flexibility index (Phi) is 6.46. The minimum Gasteiger partial charge on any atom is -0.492 e. The van der Waals surface area contributed by atoms with Gasteiger partial charge in [-0.3, -0.25) is 14.4 Å². The van der Waals surface area contributed by atoms with Gasteiger partial charge in [0, 0.05) is 21.7 Å². The van der Waals surface area contributed by atoms with Crippen molar-refractivity contribution in [3.8, 4) is 5.75 Å². The summed E-state index contributed by atoms with van der Waals surface area (Å²) in [6.45, 7) is 5.30. The van der Waals surface area contributed by atoms with Gasteiger partial charge >= 0.3 is 5.97 Å². The number of ketones is 1. The van der Waals surface area contributed by atoms with Gasteiger partial charge in [0.2, 0.25) is 5.91 Å². The SMILES string of the molecule is CC(C)(C)C(=O)Nc1ccc(C(=O)COC(=O)C2COc3ccc(Cl)cc3C2)cc1. The Morgan fingerprint density at radius 1 is 1.13 bits per heavy atom. The molecular weight excluding hydrogens is 406 g/mol. The van der Waals surface area contributed by atoms with E-state index in [1.165, 1.54) is 0 Å². The second kappa shape index (κ2) is 8.88. The maximum atomic E-state index is 12.4. The second-order valence-corrected chi connectivity index (χ2v) is 8.71. The van der Waals surface area contributed by atoms with Crippen molar-refractivity contribution in [1.29, 1.82) is 0 Å². The number of ether oxygens (including phenoxy) is 2. The van der Waals surface area contributed by atoms with Crippen LogP contribution in [0.25, 0.3) is 0 Å². The molecule has 1 N–H and O–H groups in total. The molecule has 0 aromatic heterocycles. The van der Waals surface area contributed by atoms with Gasteiger partial charge in [0.15, 0.2) is 12.4 Å². The molecule has 1 aliphatic heterocycles. The normalized spacial score (nSPS) is 15.5. The quantitative estimate of drug-likeness (QED) is 0.566. The van der Waals surface area contributed by atoms with Gasteiger partial charge in [-0.1, -0.05) is 32.4 Å². The smallest absolute Gasteiger partial charge is 0.313 e. The van der Waals surface area contributed by atoms with Crippen LogP contribution in [-0.2, 0) is 20.7 Å². The van der Waals surface area contributed by atoms with E-state index in [1.54, 1.807) is 42.5 Å². The first-order valence-electron chi connectivity index (χ1n) is 9.66. The molecule has 30 heavy (non-hydrogen) atoms. The summed E-state index contributed by atoms with van der Waals surface area (Å²) in [5, 5.41) is 3.37. The molecule has 2 aromatic rings. The van der Waals surface area contributed by atoms with E-state index in [1.807, 2.05) is 20.8 Å². The van der Waals surface area contributed by atoms with Crippen LogP contribution < -0.4 is 10.1 Å². The largest absolute Gasteiger partial charge is 0.492 e. The molecule has 6 nitrogen and oxygen atoms in total. The topological polar surface area (TPSA) is 81.7 Å². The average Bonchev–Trinajstić information content (AvgIpc) is 2.71.